The van der Waals surface area contributed by atoms with Crippen molar-refractivity contribution >= 4 is 46.4 Å². The number of rotatable bonds is 4. The Kier molecular flexibility index (Phi) is 4.16. The van der Waals surface area contributed by atoms with Crippen LogP contribution < -0.4 is 4.90 Å². The Labute approximate surface area is 126 Å². The molecular weight excluding hydrogens is 301 g/mol. The van der Waals surface area contributed by atoms with Gasteiger partial charge in [0.2, 0.25) is 0 Å². The first-order chi connectivity index (χ1) is 9.38. The second-order valence-corrected chi connectivity index (χ2v) is 5.56. The van der Waals surface area contributed by atoms with Gasteiger partial charge in [-0.05, 0) is 18.6 Å². The highest BCUT2D eigenvalue weighted by molar-refractivity contribution is 6.57. The van der Waals surface area contributed by atoms with Gasteiger partial charge in [0, 0.05) is 5.92 Å². The molecule has 0 fully saturated rings. The second kappa shape index (κ2) is 5.54. The largest absolute Gasteiger partial charge is 0.299 e. The Morgan fingerprint density at radius 2 is 1.85 bits per heavy atom. The molecule has 0 saturated carbocycles. The Morgan fingerprint density at radius 1 is 1.25 bits per heavy atom. The summed E-state index contributed by atoms with van der Waals surface area (Å²) in [6.45, 7) is 3.51. The van der Waals surface area contributed by atoms with E-state index in [0.717, 1.165) is 4.90 Å². The first-order valence-corrected chi connectivity index (χ1v) is 7.01. The Hall–Kier alpha value is -1.39. The van der Waals surface area contributed by atoms with Crippen molar-refractivity contribution < 1.29 is 14.4 Å². The molecule has 1 atom stereocenters. The smallest absolute Gasteiger partial charge is 0.297 e. The van der Waals surface area contributed by atoms with Crippen molar-refractivity contribution in [3.05, 3.63) is 27.7 Å². The monoisotopic (exact) mass is 313 g/mol. The fourth-order valence-electron chi connectivity index (χ4n) is 2.04. The third-order valence-electron chi connectivity index (χ3n) is 3.49. The summed E-state index contributed by atoms with van der Waals surface area (Å²) in [5, 5.41) is 0.404. The molecule has 2 rings (SSSR count). The molecule has 0 N–H and O–H groups in total. The van der Waals surface area contributed by atoms with E-state index in [1.807, 2.05) is 6.92 Å². The zero-order chi connectivity index (χ0) is 15.0. The summed E-state index contributed by atoms with van der Waals surface area (Å²) in [5.41, 5.74) is 0.326. The molecule has 0 bridgehead atoms. The molecule has 1 aromatic carbocycles. The minimum atomic E-state index is -0.758. The predicted molar refractivity (Wildman–Crippen MR) is 77.6 cm³/mol. The topological polar surface area (TPSA) is 54.5 Å². The van der Waals surface area contributed by atoms with Crippen molar-refractivity contribution in [1.82, 2.24) is 0 Å². The SMILES string of the molecule is CCC(C)C(=O)CN1C(=O)C(=O)c2c(Cl)ccc(Cl)c21. The normalized spacial score (nSPS) is 15.5. The third-order valence-corrected chi connectivity index (χ3v) is 4.11. The number of carbonyl (C=O) groups is 3. The lowest BCUT2D eigenvalue weighted by atomic mass is 10.0. The molecule has 4 nitrogen and oxygen atoms in total. The lowest BCUT2D eigenvalue weighted by Crippen LogP contribution is -2.36. The lowest BCUT2D eigenvalue weighted by Gasteiger charge is -2.18. The van der Waals surface area contributed by atoms with E-state index < -0.39 is 11.7 Å². The molecule has 0 aromatic heterocycles. The molecule has 1 heterocycles. The van der Waals surface area contributed by atoms with E-state index in [0.29, 0.717) is 6.42 Å². The summed E-state index contributed by atoms with van der Waals surface area (Å²) in [4.78, 5) is 37.1. The summed E-state index contributed by atoms with van der Waals surface area (Å²) < 4.78 is 0. The number of ketones is 2. The zero-order valence-corrected chi connectivity index (χ0v) is 12.6. The first-order valence-electron chi connectivity index (χ1n) is 6.25. The molecule has 0 radical (unpaired) electrons. The summed E-state index contributed by atoms with van der Waals surface area (Å²) >= 11 is 12.0. The van der Waals surface area contributed by atoms with E-state index in [-0.39, 0.29) is 39.5 Å². The van der Waals surface area contributed by atoms with E-state index in [1.54, 1.807) is 6.92 Å². The number of benzene rings is 1. The van der Waals surface area contributed by atoms with E-state index in [1.165, 1.54) is 12.1 Å². The number of hydrogen-bond acceptors (Lipinski definition) is 3. The van der Waals surface area contributed by atoms with Gasteiger partial charge in [-0.25, -0.2) is 0 Å². The Balaban J connectivity index is 2.44. The standard InChI is InChI=1S/C14H13Cl2NO3/c1-3-7(2)10(18)6-17-12-9(16)5-4-8(15)11(12)13(19)14(17)20/h4-5,7H,3,6H2,1-2H3. The summed E-state index contributed by atoms with van der Waals surface area (Å²) in [6.07, 6.45) is 0.672. The maximum absolute atomic E-state index is 12.0. The van der Waals surface area contributed by atoms with Crippen molar-refractivity contribution in [2.24, 2.45) is 5.92 Å². The highest BCUT2D eigenvalue weighted by Gasteiger charge is 2.40. The molecule has 1 amide bonds. The predicted octanol–water partition coefficient (Wildman–Crippen LogP) is 3.14. The van der Waals surface area contributed by atoms with Gasteiger partial charge in [-0.3, -0.25) is 19.3 Å². The van der Waals surface area contributed by atoms with Gasteiger partial charge in [-0.15, -0.1) is 0 Å². The number of carbonyl (C=O) groups excluding carboxylic acids is 3. The number of anilines is 1. The van der Waals surface area contributed by atoms with Gasteiger partial charge >= 0.3 is 0 Å². The van der Waals surface area contributed by atoms with Crippen LogP contribution in [0.1, 0.15) is 30.6 Å². The van der Waals surface area contributed by atoms with Crippen LogP contribution in [0.15, 0.2) is 12.1 Å². The van der Waals surface area contributed by atoms with Gasteiger partial charge in [0.15, 0.2) is 5.78 Å². The van der Waals surface area contributed by atoms with E-state index in [4.69, 9.17) is 23.2 Å². The molecule has 6 heteroatoms. The molecule has 0 spiro atoms. The fraction of sp³-hybridized carbons (Fsp3) is 0.357. The number of hydrogen-bond donors (Lipinski definition) is 0. The average molecular weight is 314 g/mol. The van der Waals surface area contributed by atoms with Crippen molar-refractivity contribution in [3.63, 3.8) is 0 Å². The molecule has 1 aromatic rings. The highest BCUT2D eigenvalue weighted by Crippen LogP contribution is 2.39. The van der Waals surface area contributed by atoms with Crippen molar-refractivity contribution in [1.29, 1.82) is 0 Å². The van der Waals surface area contributed by atoms with Crippen LogP contribution in [0.25, 0.3) is 0 Å². The zero-order valence-electron chi connectivity index (χ0n) is 11.1. The number of fused-ring (bicyclic) bond motifs is 1. The van der Waals surface area contributed by atoms with E-state index in [2.05, 4.69) is 0 Å². The number of halogens is 2. The average Bonchev–Trinajstić information content (AvgIpc) is 2.68. The number of Topliss-reactive ketones (excluding diaryl/α,β-unsaturated/α-hetero) is 2. The van der Waals surface area contributed by atoms with Gasteiger partial charge in [0.25, 0.3) is 11.7 Å². The van der Waals surface area contributed by atoms with Gasteiger partial charge < -0.3 is 0 Å². The third kappa shape index (κ3) is 2.34. The highest BCUT2D eigenvalue weighted by atomic mass is 35.5. The Morgan fingerprint density at radius 3 is 2.45 bits per heavy atom. The van der Waals surface area contributed by atoms with Crippen LogP contribution in [0.2, 0.25) is 10.0 Å². The fourth-order valence-corrected chi connectivity index (χ4v) is 2.54. The van der Waals surface area contributed by atoms with Crippen LogP contribution >= 0.6 is 23.2 Å². The molecular formula is C14H13Cl2NO3. The van der Waals surface area contributed by atoms with Gasteiger partial charge in [0.05, 0.1) is 27.8 Å². The summed E-state index contributed by atoms with van der Waals surface area (Å²) in [7, 11) is 0. The quantitative estimate of drug-likeness (QED) is 0.802. The van der Waals surface area contributed by atoms with Gasteiger partial charge in [-0.2, -0.15) is 0 Å². The number of nitrogens with zero attached hydrogens (tertiary/aromatic N) is 1. The van der Waals surface area contributed by atoms with Gasteiger partial charge in [0.1, 0.15) is 0 Å². The van der Waals surface area contributed by atoms with Crippen LogP contribution in [0.3, 0.4) is 0 Å². The van der Waals surface area contributed by atoms with Crippen LogP contribution in [0, 0.1) is 5.92 Å². The summed E-state index contributed by atoms with van der Waals surface area (Å²) in [6, 6.07) is 2.98. The van der Waals surface area contributed by atoms with Crippen LogP contribution in [0.4, 0.5) is 5.69 Å². The molecule has 0 saturated heterocycles. The molecule has 1 unspecified atom stereocenters. The van der Waals surface area contributed by atoms with E-state index in [9.17, 15) is 14.4 Å². The maximum atomic E-state index is 12.0. The van der Waals surface area contributed by atoms with Crippen LogP contribution in [-0.4, -0.2) is 24.0 Å². The van der Waals surface area contributed by atoms with Crippen molar-refractivity contribution in [2.75, 3.05) is 11.4 Å². The lowest BCUT2D eigenvalue weighted by molar-refractivity contribution is -0.123. The van der Waals surface area contributed by atoms with Gasteiger partial charge in [-0.1, -0.05) is 37.0 Å². The molecule has 1 aliphatic rings. The van der Waals surface area contributed by atoms with Crippen molar-refractivity contribution in [2.45, 2.75) is 20.3 Å². The van der Waals surface area contributed by atoms with E-state index >= 15 is 0 Å². The van der Waals surface area contributed by atoms with Crippen LogP contribution in [0.5, 0.6) is 0 Å². The maximum Gasteiger partial charge on any atom is 0.299 e. The molecule has 106 valence electrons. The minimum absolute atomic E-state index is 0.0844. The summed E-state index contributed by atoms with van der Waals surface area (Å²) in [5.74, 6) is -1.77. The Bertz CT molecular complexity index is 613. The van der Waals surface area contributed by atoms with Crippen molar-refractivity contribution in [3.8, 4) is 0 Å². The number of amides is 1. The molecule has 20 heavy (non-hydrogen) atoms. The minimum Gasteiger partial charge on any atom is -0.297 e. The molecule has 0 aliphatic carbocycles. The second-order valence-electron chi connectivity index (χ2n) is 4.75. The first kappa shape index (κ1) is 15.0. The van der Waals surface area contributed by atoms with Crippen LogP contribution in [-0.2, 0) is 9.59 Å². The molecule has 1 aliphatic heterocycles.